The van der Waals surface area contributed by atoms with Crippen molar-refractivity contribution < 1.29 is 0 Å². The molecule has 0 aliphatic carbocycles. The highest BCUT2D eigenvalue weighted by molar-refractivity contribution is 7.09. The van der Waals surface area contributed by atoms with Gasteiger partial charge in [0.2, 0.25) is 0 Å². The van der Waals surface area contributed by atoms with Gasteiger partial charge in [0, 0.05) is 38.1 Å². The zero-order valence-corrected chi connectivity index (χ0v) is 10.8. The standard InChI is InChI=1S/C12H19N3S/c1-9-13-12(8-16-9)7-15-5-10-3-14(2)4-11(10)6-15/h8,10-11H,3-7H2,1-2H3. The molecular weight excluding hydrogens is 218 g/mol. The highest BCUT2D eigenvalue weighted by Gasteiger charge is 2.38. The summed E-state index contributed by atoms with van der Waals surface area (Å²) in [4.78, 5) is 9.60. The average Bonchev–Trinajstić information content (AvgIpc) is 2.81. The Hall–Kier alpha value is -0.450. The first kappa shape index (κ1) is 10.7. The number of hydrogen-bond donors (Lipinski definition) is 0. The zero-order valence-electron chi connectivity index (χ0n) is 10.0. The molecule has 2 atom stereocenters. The first-order chi connectivity index (χ1) is 7.70. The van der Waals surface area contributed by atoms with Crippen molar-refractivity contribution in [2.75, 3.05) is 33.2 Å². The summed E-state index contributed by atoms with van der Waals surface area (Å²) in [6, 6.07) is 0. The Morgan fingerprint density at radius 3 is 2.56 bits per heavy atom. The van der Waals surface area contributed by atoms with E-state index in [4.69, 9.17) is 0 Å². The number of likely N-dealkylation sites (tertiary alicyclic amines) is 2. The second-order valence-corrected chi connectivity index (χ2v) is 6.36. The maximum atomic E-state index is 4.55. The molecule has 88 valence electrons. The number of thiazole rings is 1. The number of rotatable bonds is 2. The van der Waals surface area contributed by atoms with E-state index in [0.29, 0.717) is 0 Å². The summed E-state index contributed by atoms with van der Waals surface area (Å²) in [6.45, 7) is 8.26. The van der Waals surface area contributed by atoms with Crippen LogP contribution in [0.4, 0.5) is 0 Å². The third-order valence-corrected chi connectivity index (χ3v) is 4.62. The van der Waals surface area contributed by atoms with Gasteiger partial charge in [-0.3, -0.25) is 4.90 Å². The molecule has 0 radical (unpaired) electrons. The van der Waals surface area contributed by atoms with Crippen LogP contribution in [-0.4, -0.2) is 48.0 Å². The fraction of sp³-hybridized carbons (Fsp3) is 0.750. The minimum absolute atomic E-state index is 0.907. The Morgan fingerprint density at radius 2 is 2.00 bits per heavy atom. The second kappa shape index (κ2) is 4.09. The summed E-state index contributed by atoms with van der Waals surface area (Å²) in [5, 5.41) is 3.39. The molecule has 16 heavy (non-hydrogen) atoms. The Balaban J connectivity index is 1.59. The largest absolute Gasteiger partial charge is 0.306 e. The quantitative estimate of drug-likeness (QED) is 0.776. The van der Waals surface area contributed by atoms with Gasteiger partial charge < -0.3 is 4.90 Å². The van der Waals surface area contributed by atoms with Gasteiger partial charge in [-0.25, -0.2) is 4.98 Å². The number of aryl methyl sites for hydroxylation is 1. The van der Waals surface area contributed by atoms with E-state index in [0.717, 1.165) is 18.4 Å². The molecule has 1 aromatic heterocycles. The first-order valence-electron chi connectivity index (χ1n) is 6.02. The monoisotopic (exact) mass is 237 g/mol. The molecular formula is C12H19N3S. The molecule has 1 aromatic rings. The Labute approximate surface area is 101 Å². The van der Waals surface area contributed by atoms with Crippen molar-refractivity contribution >= 4 is 11.3 Å². The van der Waals surface area contributed by atoms with Crippen molar-refractivity contribution in [2.45, 2.75) is 13.5 Å². The van der Waals surface area contributed by atoms with Crippen LogP contribution in [0, 0.1) is 18.8 Å². The van der Waals surface area contributed by atoms with Crippen LogP contribution < -0.4 is 0 Å². The van der Waals surface area contributed by atoms with Crippen LogP contribution in [0.25, 0.3) is 0 Å². The molecule has 4 heteroatoms. The summed E-state index contributed by atoms with van der Waals surface area (Å²) in [7, 11) is 2.24. The van der Waals surface area contributed by atoms with E-state index < -0.39 is 0 Å². The van der Waals surface area contributed by atoms with Gasteiger partial charge in [0.15, 0.2) is 0 Å². The van der Waals surface area contributed by atoms with Crippen LogP contribution in [-0.2, 0) is 6.54 Å². The molecule has 0 spiro atoms. The molecule has 0 aromatic carbocycles. The summed E-state index contributed by atoms with van der Waals surface area (Å²) in [6.07, 6.45) is 0. The summed E-state index contributed by atoms with van der Waals surface area (Å²) >= 11 is 1.76. The lowest BCUT2D eigenvalue weighted by Gasteiger charge is -2.17. The lowest BCUT2D eigenvalue weighted by Crippen LogP contribution is -2.26. The normalized spacial score (nSPS) is 31.1. The van der Waals surface area contributed by atoms with E-state index in [-0.39, 0.29) is 0 Å². The van der Waals surface area contributed by atoms with Gasteiger partial charge in [0.05, 0.1) is 10.7 Å². The van der Waals surface area contributed by atoms with Crippen molar-refractivity contribution in [1.82, 2.24) is 14.8 Å². The van der Waals surface area contributed by atoms with Crippen LogP contribution in [0.1, 0.15) is 10.7 Å². The maximum absolute atomic E-state index is 4.55. The predicted molar refractivity (Wildman–Crippen MR) is 66.6 cm³/mol. The smallest absolute Gasteiger partial charge is 0.0897 e. The lowest BCUT2D eigenvalue weighted by molar-refractivity contribution is 0.270. The van der Waals surface area contributed by atoms with Crippen molar-refractivity contribution in [1.29, 1.82) is 0 Å². The van der Waals surface area contributed by atoms with Crippen molar-refractivity contribution in [2.24, 2.45) is 11.8 Å². The molecule has 2 fully saturated rings. The Morgan fingerprint density at radius 1 is 1.31 bits per heavy atom. The molecule has 2 aliphatic rings. The van der Waals surface area contributed by atoms with Gasteiger partial charge in [-0.2, -0.15) is 0 Å². The van der Waals surface area contributed by atoms with Gasteiger partial charge in [-0.05, 0) is 25.8 Å². The van der Waals surface area contributed by atoms with E-state index in [1.54, 1.807) is 11.3 Å². The molecule has 3 nitrogen and oxygen atoms in total. The van der Waals surface area contributed by atoms with Crippen LogP contribution >= 0.6 is 11.3 Å². The van der Waals surface area contributed by atoms with Crippen LogP contribution in [0.5, 0.6) is 0 Å². The van der Waals surface area contributed by atoms with E-state index in [2.05, 4.69) is 34.1 Å². The molecule has 0 amide bonds. The molecule has 2 saturated heterocycles. The molecule has 0 N–H and O–H groups in total. The van der Waals surface area contributed by atoms with Gasteiger partial charge in [-0.1, -0.05) is 0 Å². The number of nitrogens with zero attached hydrogens (tertiary/aromatic N) is 3. The molecule has 2 unspecified atom stereocenters. The number of hydrogen-bond acceptors (Lipinski definition) is 4. The van der Waals surface area contributed by atoms with Crippen LogP contribution in [0.2, 0.25) is 0 Å². The van der Waals surface area contributed by atoms with Gasteiger partial charge in [-0.15, -0.1) is 11.3 Å². The topological polar surface area (TPSA) is 19.4 Å². The summed E-state index contributed by atoms with van der Waals surface area (Å²) in [5.74, 6) is 1.81. The number of fused-ring (bicyclic) bond motifs is 1. The maximum Gasteiger partial charge on any atom is 0.0897 e. The van der Waals surface area contributed by atoms with E-state index in [1.807, 2.05) is 0 Å². The molecule has 2 aliphatic heterocycles. The van der Waals surface area contributed by atoms with E-state index in [1.165, 1.54) is 36.9 Å². The fourth-order valence-corrected chi connectivity index (χ4v) is 3.77. The van der Waals surface area contributed by atoms with Gasteiger partial charge in [0.1, 0.15) is 0 Å². The Bertz CT molecular complexity index is 362. The molecule has 3 rings (SSSR count). The van der Waals surface area contributed by atoms with Crippen LogP contribution in [0.15, 0.2) is 5.38 Å². The minimum Gasteiger partial charge on any atom is -0.306 e. The minimum atomic E-state index is 0.907. The molecule has 0 saturated carbocycles. The lowest BCUT2D eigenvalue weighted by atomic mass is 10.0. The summed E-state index contributed by atoms with van der Waals surface area (Å²) in [5.41, 5.74) is 1.26. The third-order valence-electron chi connectivity index (χ3n) is 3.80. The van der Waals surface area contributed by atoms with E-state index >= 15 is 0 Å². The summed E-state index contributed by atoms with van der Waals surface area (Å²) < 4.78 is 0. The second-order valence-electron chi connectivity index (χ2n) is 5.29. The highest BCUT2D eigenvalue weighted by Crippen LogP contribution is 2.30. The molecule has 3 heterocycles. The van der Waals surface area contributed by atoms with Crippen molar-refractivity contribution in [3.8, 4) is 0 Å². The van der Waals surface area contributed by atoms with Gasteiger partial charge >= 0.3 is 0 Å². The highest BCUT2D eigenvalue weighted by atomic mass is 32.1. The Kier molecular flexibility index (Phi) is 2.73. The first-order valence-corrected chi connectivity index (χ1v) is 6.90. The van der Waals surface area contributed by atoms with Gasteiger partial charge in [0.25, 0.3) is 0 Å². The van der Waals surface area contributed by atoms with Crippen molar-refractivity contribution in [3.05, 3.63) is 16.1 Å². The molecule has 0 bridgehead atoms. The van der Waals surface area contributed by atoms with Crippen LogP contribution in [0.3, 0.4) is 0 Å². The van der Waals surface area contributed by atoms with Crippen molar-refractivity contribution in [3.63, 3.8) is 0 Å². The zero-order chi connectivity index (χ0) is 11.1. The average molecular weight is 237 g/mol. The predicted octanol–water partition coefficient (Wildman–Crippen LogP) is 1.44. The SMILES string of the molecule is Cc1nc(CN2CC3CN(C)CC3C2)cs1. The van der Waals surface area contributed by atoms with E-state index in [9.17, 15) is 0 Å². The fourth-order valence-electron chi connectivity index (χ4n) is 3.16. The number of aromatic nitrogens is 1. The third kappa shape index (κ3) is 2.01.